The number of alkyl halides is 8. The van der Waals surface area contributed by atoms with Crippen LogP contribution in [0.15, 0.2) is 194 Å². The van der Waals surface area contributed by atoms with E-state index in [1.54, 1.807) is 124 Å². The van der Waals surface area contributed by atoms with Crippen molar-refractivity contribution < 1.29 is 128 Å². The summed E-state index contributed by atoms with van der Waals surface area (Å²) in [6.07, 6.45) is 3.43. The molecule has 145 heavy (non-hydrogen) atoms. The smallest absolute Gasteiger partial charge is 0.697 e. The molecule has 40 heteroatoms. The van der Waals surface area contributed by atoms with Crippen molar-refractivity contribution in [1.29, 1.82) is 0 Å². The molecule has 0 saturated carbocycles. The first-order valence-corrected chi connectivity index (χ1v) is 46.0. The normalized spacial score (nSPS) is 10.6. The Balaban J connectivity index is 0.000000865. The van der Waals surface area contributed by atoms with Gasteiger partial charge in [-0.05, 0) is 254 Å². The van der Waals surface area contributed by atoms with E-state index in [1.165, 1.54) is 79.1 Å². The summed E-state index contributed by atoms with van der Waals surface area (Å²) >= 11 is 40.4. The van der Waals surface area contributed by atoms with Gasteiger partial charge in [-0.3, -0.25) is 19.2 Å². The number of hydrogen-bond acceptors (Lipinski definition) is 20. The van der Waals surface area contributed by atoms with Gasteiger partial charge in [0.1, 0.15) is 18.5 Å². The number of aromatic carboxylic acids is 1. The molecule has 3 atom stereocenters. The maximum absolute atomic E-state index is 12.7. The van der Waals surface area contributed by atoms with Crippen LogP contribution in [-0.2, 0) is 54.0 Å². The molecule has 1 aromatic heterocycles. The van der Waals surface area contributed by atoms with Crippen LogP contribution in [0.5, 0.6) is 0 Å². The number of aldehydes is 1. The number of aliphatic hydroxyl groups excluding tert-OH is 2. The zero-order valence-electron chi connectivity index (χ0n) is 79.9. The number of aromatic amines is 1. The van der Waals surface area contributed by atoms with Crippen molar-refractivity contribution in [1.82, 2.24) is 4.98 Å². The van der Waals surface area contributed by atoms with Gasteiger partial charge in [-0.2, -0.15) is 26.3 Å². The number of fused-ring (bicyclic) bond motifs is 1. The Kier molecular flexibility index (Phi) is 57.6. The van der Waals surface area contributed by atoms with Gasteiger partial charge in [0.25, 0.3) is 0 Å². The first-order chi connectivity index (χ1) is 67.2. The molecule has 2 amide bonds. The Bertz CT molecular complexity index is 6620. The van der Waals surface area contributed by atoms with Crippen LogP contribution in [0, 0.1) is 105 Å². The van der Waals surface area contributed by atoms with Crippen LogP contribution in [0.4, 0.5) is 37.7 Å². The topological polar surface area (TPSA) is 353 Å². The van der Waals surface area contributed by atoms with E-state index in [0.29, 0.717) is 73.4 Å². The van der Waals surface area contributed by atoms with Crippen molar-refractivity contribution >= 4 is 239 Å². The minimum Gasteiger partial charge on any atom is -0.697 e. The summed E-state index contributed by atoms with van der Waals surface area (Å²) in [6.45, 7) is 17.3. The minimum absolute atomic E-state index is 0. The minimum atomic E-state index is -5.12. The molecule has 0 radical (unpaired) electrons. The van der Waals surface area contributed by atoms with Crippen LogP contribution in [-0.4, -0.2) is 170 Å². The second kappa shape index (κ2) is 63.9. The van der Waals surface area contributed by atoms with Gasteiger partial charge in [-0.15, -0.1) is 29.6 Å². The van der Waals surface area contributed by atoms with E-state index in [1.807, 2.05) is 62.4 Å². The van der Waals surface area contributed by atoms with Crippen molar-refractivity contribution in [3.8, 4) is 42.4 Å². The number of aryl methyl sites for hydroxylation is 7. The average molecular weight is 2370 g/mol. The van der Waals surface area contributed by atoms with Gasteiger partial charge in [0.05, 0.1) is 113 Å². The van der Waals surface area contributed by atoms with E-state index in [4.69, 9.17) is 90.2 Å². The van der Waals surface area contributed by atoms with Crippen molar-refractivity contribution in [2.24, 2.45) is 0 Å². The van der Waals surface area contributed by atoms with Gasteiger partial charge in [0.2, 0.25) is 0 Å². The third-order valence-corrected chi connectivity index (χ3v) is 23.2. The SMILES string of the molecule is C#CC(O)c1ccc(C)c(C(=O)OC)c1.C=Cc1ccc(C)c(C(=O)OC)c1.COC(=O)c1cc(C(C#Cc2cc(Cl)c(Br)cc2NC(=O)C(F)(F)F)OC(C)=O)ccc1C.COC(=O)c1cc(C(O)C#Cc2cc(Cl)c(Br)cc2NC(=O)C(F)(F)F)ccc1C.COC(=O)c1cc(C=O)ccc1C.COC(=O)c1cc(Cc2cc3cc(Cl)c(Br)cc3[nH]2)ccc1C.Cc1ccc(Br)cc1C(=O)O.ClCCl.[C-]#C.[CH3-].[Mg+2]. The van der Waals surface area contributed by atoms with Crippen LogP contribution in [0.25, 0.3) is 17.0 Å². The van der Waals surface area contributed by atoms with Crippen LogP contribution in [0.2, 0.25) is 15.1 Å². The van der Waals surface area contributed by atoms with Crippen LogP contribution >= 0.6 is 122 Å². The molecule has 24 nitrogen and oxygen atoms in total. The molecule has 1 heterocycles. The number of benzene rings is 10. The third-order valence-electron chi connectivity index (χ3n) is 19.1. The number of carbonyl (C=O) groups is 11. The van der Waals surface area contributed by atoms with Crippen LogP contribution in [0.3, 0.4) is 0 Å². The Hall–Kier alpha value is -12.3. The van der Waals surface area contributed by atoms with Gasteiger partial charge in [-0.25, -0.2) is 33.6 Å². The molecule has 6 N–H and O–H groups in total. The maximum atomic E-state index is 12.7. The van der Waals surface area contributed by atoms with Crippen molar-refractivity contribution in [2.75, 3.05) is 58.6 Å². The summed E-state index contributed by atoms with van der Waals surface area (Å²) in [5.41, 5.74) is 13.3. The number of hydrogen-bond donors (Lipinski definition) is 6. The number of methoxy groups -OCH3 is 6. The molecule has 11 aromatic rings. The monoisotopic (exact) mass is 2360 g/mol. The summed E-state index contributed by atoms with van der Waals surface area (Å²) in [5.74, 6) is 3.78. The zero-order chi connectivity index (χ0) is 108. The Morgan fingerprint density at radius 1 is 0.476 bits per heavy atom. The number of H-pyrrole nitrogens is 1. The first-order valence-electron chi connectivity index (χ1n) is 40.6. The molecule has 11 rings (SSSR count). The molecule has 760 valence electrons. The number of carboxylic acids is 1. The predicted molar refractivity (Wildman–Crippen MR) is 562 cm³/mol. The number of amides is 2. The Morgan fingerprint density at radius 3 is 1.19 bits per heavy atom. The van der Waals surface area contributed by atoms with E-state index < -0.39 is 78.3 Å². The summed E-state index contributed by atoms with van der Waals surface area (Å²) in [7, 11) is 7.84. The van der Waals surface area contributed by atoms with Gasteiger partial charge in [0.15, 0.2) is 6.10 Å². The van der Waals surface area contributed by atoms with Gasteiger partial charge >= 0.3 is 95.0 Å². The van der Waals surface area contributed by atoms with Crippen LogP contribution < -0.4 is 10.6 Å². The fourth-order valence-electron chi connectivity index (χ4n) is 11.7. The van der Waals surface area contributed by atoms with Crippen molar-refractivity contribution in [3.63, 3.8) is 0 Å². The van der Waals surface area contributed by atoms with Crippen LogP contribution in [0.1, 0.15) is 192 Å². The third kappa shape index (κ3) is 41.6. The fraction of sp³-hybridized carbons (Fsp3) is 0.200. The number of aliphatic hydroxyl groups is 2. The zero-order valence-corrected chi connectivity index (χ0v) is 91.4. The van der Waals surface area contributed by atoms with E-state index in [2.05, 4.69) is 136 Å². The molecule has 0 aliphatic rings. The number of ether oxygens (including phenoxy) is 7. The number of esters is 7. The molecule has 0 bridgehead atoms. The second-order valence-electron chi connectivity index (χ2n) is 29.0. The molecule has 10 aromatic carbocycles. The standard InChI is InChI=1S/C22H16BrClF3NO5.C20H14BrClF3NO4.C18H15BrClNO2.C12H12O3.C11H12O2.C10H10O3.C8H7BrO2.C2H.CH2Cl2.CH3.Mg/c1-11-4-5-14(8-15(11)20(30)32-3)19(33-12(2)29)7-6-13-9-17(24)16(23)10-18(13)28-21(31)22(25,26)27;1-10-3-4-12(7-13(10)18(28)30-2)17(27)6-5-11-8-15(22)14(21)9-16(11)26-19(29)20(23,24)25;1-10-3-4-11(6-14(10)18(22)23-2)5-13-7-12-8-16(20)15(19)9-17(12)21-13;1-4-11(13)9-6-5-8(2)10(7-9)12(14)15-3;1-4-9-6-5-8(2)10(7-9)11(12)13-3;1-7-3-4-8(6-11)5-9(7)10(12)13-2;1-5-2-3-6(9)4-7(5)8(10)11;1-2;2-1-3;;/h4-5,8-10,19H,1-3H3,(H,28,31);3-4,7-9,17,27H,1-2H3,(H,26,29);3-4,6-9,21H,5H2,1-2H3;1,5-7,11,13H,2-3H3;4-7H,1H2,2-3H3;3-6H,1-2H3;2-4H,1H3,(H,10,11);1H;1H2;1H3;/q;;;;;;;-1;;-1;+2. The van der Waals surface area contributed by atoms with E-state index in [9.17, 15) is 89.3 Å². The number of carbonyl (C=O) groups excluding carboxylic acids is 10. The number of anilines is 2. The summed E-state index contributed by atoms with van der Waals surface area (Å²) in [6, 6.07) is 46.4. The Labute approximate surface area is 908 Å². The van der Waals surface area contributed by atoms with E-state index >= 15 is 0 Å². The molecule has 0 fully saturated rings. The summed E-state index contributed by atoms with van der Waals surface area (Å²) in [5, 5.41) is 34.1. The van der Waals surface area contributed by atoms with Gasteiger partial charge in [0, 0.05) is 70.1 Å². The molecule has 0 aliphatic heterocycles. The molecule has 0 saturated heterocycles. The summed E-state index contributed by atoms with van der Waals surface area (Å²) in [4.78, 5) is 128. The van der Waals surface area contributed by atoms with Gasteiger partial charge < -0.3 is 84.4 Å². The van der Waals surface area contributed by atoms with E-state index in [0.717, 1.165) is 77.5 Å². The summed E-state index contributed by atoms with van der Waals surface area (Å²) < 4.78 is 111. The molecule has 0 aliphatic carbocycles. The maximum Gasteiger partial charge on any atom is 2.00 e. The quantitative estimate of drug-likeness (QED) is 0.00721. The largest absolute Gasteiger partial charge is 2.00 e. The Morgan fingerprint density at radius 2 is 0.814 bits per heavy atom. The van der Waals surface area contributed by atoms with Crippen molar-refractivity contribution in [2.45, 2.75) is 92.5 Å². The molecule has 0 spiro atoms. The van der Waals surface area contributed by atoms with E-state index in [-0.39, 0.29) is 106 Å². The average Bonchev–Trinajstić information content (AvgIpc) is 1.76. The number of rotatable bonds is 17. The number of terminal acetylenes is 2. The predicted octanol–water partition coefficient (Wildman–Crippen LogP) is 25.0. The second-order valence-corrected chi connectivity index (χ2v) is 34.5. The molecular weight excluding hydrogens is 2270 g/mol. The van der Waals surface area contributed by atoms with Crippen molar-refractivity contribution in [3.05, 3.63) is 351 Å². The molecular formula is C105H92Br4Cl5F6MgN3O21. The number of carboxylic acid groups (broad SMARTS) is 1. The van der Waals surface area contributed by atoms with Gasteiger partial charge in [-0.1, -0.05) is 166 Å². The first kappa shape index (κ1) is 131. The fourth-order valence-corrected chi connectivity index (χ4v) is 13.6. The number of aromatic nitrogens is 1. The number of nitrogens with one attached hydrogen (secondary N) is 3. The molecule has 3 unspecified atom stereocenters. The number of halogens is 15.